The van der Waals surface area contributed by atoms with Gasteiger partial charge in [0.05, 0.1) is 6.04 Å². The molecule has 1 unspecified atom stereocenters. The Hall–Kier alpha value is -2.63. The molecule has 0 aliphatic heterocycles. The lowest BCUT2D eigenvalue weighted by atomic mass is 9.98. The highest BCUT2D eigenvalue weighted by atomic mass is 19.4. The molecular weight excluding hydrogens is 307 g/mol. The van der Waals surface area contributed by atoms with Crippen molar-refractivity contribution in [3.8, 4) is 0 Å². The zero-order chi connectivity index (χ0) is 16.9. The molecule has 0 bridgehead atoms. The lowest BCUT2D eigenvalue weighted by Gasteiger charge is -2.19. The van der Waals surface area contributed by atoms with Crippen LogP contribution in [-0.4, -0.2) is 17.9 Å². The van der Waals surface area contributed by atoms with Crippen LogP contribution >= 0.6 is 0 Å². The van der Waals surface area contributed by atoms with Gasteiger partial charge in [-0.15, -0.1) is 0 Å². The van der Waals surface area contributed by atoms with E-state index in [1.165, 1.54) is 0 Å². The molecule has 0 heterocycles. The number of hydrogen-bond donors (Lipinski definition) is 1. The van der Waals surface area contributed by atoms with Crippen molar-refractivity contribution in [2.45, 2.75) is 18.6 Å². The number of alkyl halides is 3. The summed E-state index contributed by atoms with van der Waals surface area (Å²) in [5.74, 6) is -2.41. The van der Waals surface area contributed by atoms with Gasteiger partial charge in [-0.25, -0.2) is 0 Å². The minimum atomic E-state index is -5.00. The van der Waals surface area contributed by atoms with E-state index in [1.807, 2.05) is 5.32 Å². The molecule has 1 amide bonds. The predicted octanol–water partition coefficient (Wildman–Crippen LogP) is 3.68. The van der Waals surface area contributed by atoms with Crippen molar-refractivity contribution in [2.75, 3.05) is 0 Å². The molecule has 2 rings (SSSR count). The Morgan fingerprint density at radius 3 is 1.96 bits per heavy atom. The molecule has 1 atom stereocenters. The summed E-state index contributed by atoms with van der Waals surface area (Å²) in [5, 5.41) is 1.89. The molecule has 3 nitrogen and oxygen atoms in total. The Balaban J connectivity index is 2.21. The maximum absolute atomic E-state index is 12.5. The molecule has 0 saturated carbocycles. The quantitative estimate of drug-likeness (QED) is 0.854. The van der Waals surface area contributed by atoms with Crippen LogP contribution in [0.15, 0.2) is 60.7 Å². The van der Waals surface area contributed by atoms with Gasteiger partial charge in [0.25, 0.3) is 0 Å². The van der Waals surface area contributed by atoms with Gasteiger partial charge in [-0.2, -0.15) is 13.2 Å². The van der Waals surface area contributed by atoms with Crippen molar-refractivity contribution in [3.63, 3.8) is 0 Å². The fourth-order valence-corrected chi connectivity index (χ4v) is 2.10. The molecule has 6 heteroatoms. The molecule has 0 aliphatic rings. The largest absolute Gasteiger partial charge is 0.471 e. The van der Waals surface area contributed by atoms with Gasteiger partial charge in [0, 0.05) is 12.0 Å². The molecule has 0 fully saturated rings. The zero-order valence-electron chi connectivity index (χ0n) is 12.0. The summed E-state index contributed by atoms with van der Waals surface area (Å²) in [6, 6.07) is 15.3. The Bertz CT molecular complexity index is 669. The number of rotatable bonds is 5. The minimum absolute atomic E-state index is 0.254. The minimum Gasteiger partial charge on any atom is -0.341 e. The summed E-state index contributed by atoms with van der Waals surface area (Å²) >= 11 is 0. The van der Waals surface area contributed by atoms with E-state index in [9.17, 15) is 22.8 Å². The van der Waals surface area contributed by atoms with Gasteiger partial charge in [0.2, 0.25) is 0 Å². The normalized spacial score (nSPS) is 12.5. The van der Waals surface area contributed by atoms with E-state index in [2.05, 4.69) is 0 Å². The first-order valence-corrected chi connectivity index (χ1v) is 6.89. The highest BCUT2D eigenvalue weighted by Crippen LogP contribution is 2.22. The second kappa shape index (κ2) is 7.09. The van der Waals surface area contributed by atoms with E-state index in [0.717, 1.165) is 0 Å². The number of carbonyl (C=O) groups is 2. The molecular formula is C17H14F3NO2. The van der Waals surface area contributed by atoms with Gasteiger partial charge >= 0.3 is 12.1 Å². The van der Waals surface area contributed by atoms with Gasteiger partial charge in [-0.05, 0) is 5.56 Å². The fraction of sp³-hybridized carbons (Fsp3) is 0.176. The Morgan fingerprint density at radius 2 is 1.43 bits per heavy atom. The van der Waals surface area contributed by atoms with E-state index in [4.69, 9.17) is 0 Å². The van der Waals surface area contributed by atoms with Gasteiger partial charge in [-0.1, -0.05) is 60.7 Å². The summed E-state index contributed by atoms with van der Waals surface area (Å²) in [6.07, 6.45) is -5.25. The average molecular weight is 321 g/mol. The van der Waals surface area contributed by atoms with Crippen LogP contribution in [-0.2, 0) is 4.79 Å². The highest BCUT2D eigenvalue weighted by molar-refractivity contribution is 5.96. The molecule has 1 N–H and O–H groups in total. The monoisotopic (exact) mass is 321 g/mol. The summed E-state index contributed by atoms with van der Waals surface area (Å²) in [5.41, 5.74) is 0.823. The number of nitrogens with one attached hydrogen (secondary N) is 1. The summed E-state index contributed by atoms with van der Waals surface area (Å²) in [6.45, 7) is 0. The molecule has 0 aromatic heterocycles. The van der Waals surface area contributed by atoms with Crippen LogP contribution in [0, 0.1) is 0 Å². The third kappa shape index (κ3) is 4.67. The smallest absolute Gasteiger partial charge is 0.341 e. The molecule has 0 aliphatic carbocycles. The average Bonchev–Trinajstić information content (AvgIpc) is 2.55. The third-order valence-electron chi connectivity index (χ3n) is 3.25. The Kier molecular flexibility index (Phi) is 5.16. The maximum atomic E-state index is 12.5. The lowest BCUT2D eigenvalue weighted by Crippen LogP contribution is -2.39. The van der Waals surface area contributed by atoms with Gasteiger partial charge in [-0.3, -0.25) is 9.59 Å². The SMILES string of the molecule is O=C(CC(NC(=O)C(F)(F)F)c1ccccc1)c1ccccc1. The third-order valence-corrected chi connectivity index (χ3v) is 3.25. The molecule has 0 spiro atoms. The summed E-state index contributed by atoms with van der Waals surface area (Å²) < 4.78 is 37.5. The molecule has 120 valence electrons. The molecule has 2 aromatic rings. The van der Waals surface area contributed by atoms with E-state index in [-0.39, 0.29) is 12.2 Å². The first kappa shape index (κ1) is 16.7. The number of Topliss-reactive ketones (excluding diaryl/α,β-unsaturated/α-hetero) is 1. The van der Waals surface area contributed by atoms with Crippen LogP contribution < -0.4 is 5.32 Å². The topological polar surface area (TPSA) is 46.2 Å². The lowest BCUT2D eigenvalue weighted by molar-refractivity contribution is -0.174. The van der Waals surface area contributed by atoms with E-state index in [0.29, 0.717) is 11.1 Å². The fourth-order valence-electron chi connectivity index (χ4n) is 2.10. The van der Waals surface area contributed by atoms with Crippen LogP contribution in [0.2, 0.25) is 0 Å². The predicted molar refractivity (Wildman–Crippen MR) is 78.8 cm³/mol. The number of carbonyl (C=O) groups excluding carboxylic acids is 2. The molecule has 23 heavy (non-hydrogen) atoms. The first-order valence-electron chi connectivity index (χ1n) is 6.89. The number of hydrogen-bond acceptors (Lipinski definition) is 2. The molecule has 0 saturated heterocycles. The van der Waals surface area contributed by atoms with Gasteiger partial charge < -0.3 is 5.32 Å². The maximum Gasteiger partial charge on any atom is 0.471 e. The van der Waals surface area contributed by atoms with Crippen LogP contribution in [0.1, 0.15) is 28.4 Å². The zero-order valence-corrected chi connectivity index (χ0v) is 12.0. The van der Waals surface area contributed by atoms with Crippen molar-refractivity contribution in [1.82, 2.24) is 5.32 Å². The van der Waals surface area contributed by atoms with E-state index < -0.39 is 18.1 Å². The van der Waals surface area contributed by atoms with Crippen molar-refractivity contribution in [3.05, 3.63) is 71.8 Å². The van der Waals surface area contributed by atoms with E-state index in [1.54, 1.807) is 60.7 Å². The van der Waals surface area contributed by atoms with E-state index >= 15 is 0 Å². The van der Waals surface area contributed by atoms with Crippen LogP contribution in [0.3, 0.4) is 0 Å². The second-order valence-corrected chi connectivity index (χ2v) is 4.93. The number of ketones is 1. The van der Waals surface area contributed by atoms with Crippen molar-refractivity contribution >= 4 is 11.7 Å². The Morgan fingerprint density at radius 1 is 0.913 bits per heavy atom. The van der Waals surface area contributed by atoms with Crippen LogP contribution in [0.4, 0.5) is 13.2 Å². The molecule has 2 aromatic carbocycles. The second-order valence-electron chi connectivity index (χ2n) is 4.93. The number of amides is 1. The van der Waals surface area contributed by atoms with Crippen molar-refractivity contribution < 1.29 is 22.8 Å². The first-order chi connectivity index (χ1) is 10.9. The molecule has 0 radical (unpaired) electrons. The van der Waals surface area contributed by atoms with Crippen molar-refractivity contribution in [2.24, 2.45) is 0 Å². The Labute approximate surface area is 131 Å². The van der Waals surface area contributed by atoms with Crippen molar-refractivity contribution in [1.29, 1.82) is 0 Å². The summed E-state index contributed by atoms with van der Waals surface area (Å²) in [4.78, 5) is 23.4. The van der Waals surface area contributed by atoms with Crippen LogP contribution in [0.25, 0.3) is 0 Å². The highest BCUT2D eigenvalue weighted by Gasteiger charge is 2.40. The standard InChI is InChI=1S/C17H14F3NO2/c18-17(19,20)16(23)21-14(12-7-3-1-4-8-12)11-15(22)13-9-5-2-6-10-13/h1-10,14H,11H2,(H,21,23). The number of benzene rings is 2. The number of halogens is 3. The van der Waals surface area contributed by atoms with Crippen LogP contribution in [0.5, 0.6) is 0 Å². The summed E-state index contributed by atoms with van der Waals surface area (Å²) in [7, 11) is 0. The van der Waals surface area contributed by atoms with Gasteiger partial charge in [0.15, 0.2) is 5.78 Å². The van der Waals surface area contributed by atoms with Gasteiger partial charge in [0.1, 0.15) is 0 Å².